The summed E-state index contributed by atoms with van der Waals surface area (Å²) in [5.74, 6) is -2.70. The Bertz CT molecular complexity index is 1400. The van der Waals surface area contributed by atoms with Gasteiger partial charge in [0.1, 0.15) is 5.75 Å². The first-order valence-electron chi connectivity index (χ1n) is 10.4. The monoisotopic (exact) mass is 630 g/mol. The maximum atomic E-state index is 12.9. The Hall–Kier alpha value is -3.61. The highest BCUT2D eigenvalue weighted by molar-refractivity contribution is 9.10. The van der Waals surface area contributed by atoms with E-state index in [1.54, 1.807) is 12.1 Å². The molecular formula is C24H16BrCl2F3N4O4. The molecule has 3 aromatic carbocycles. The third-order valence-electron chi connectivity index (χ3n) is 4.58. The second kappa shape index (κ2) is 12.8. The lowest BCUT2D eigenvalue weighted by molar-refractivity contribution is -0.137. The van der Waals surface area contributed by atoms with Gasteiger partial charge >= 0.3 is 18.0 Å². The maximum absolute atomic E-state index is 12.9. The molecule has 3 N–H and O–H groups in total. The summed E-state index contributed by atoms with van der Waals surface area (Å²) >= 11 is 15.1. The number of benzene rings is 3. The van der Waals surface area contributed by atoms with E-state index in [1.807, 2.05) is 5.43 Å². The van der Waals surface area contributed by atoms with Crippen LogP contribution < -0.4 is 20.8 Å². The predicted molar refractivity (Wildman–Crippen MR) is 141 cm³/mol. The van der Waals surface area contributed by atoms with Crippen molar-refractivity contribution in [2.45, 2.75) is 6.18 Å². The molecule has 0 radical (unpaired) electrons. The molecule has 3 amide bonds. The molecule has 0 spiro atoms. The van der Waals surface area contributed by atoms with Crippen LogP contribution in [0.15, 0.2) is 70.2 Å². The summed E-state index contributed by atoms with van der Waals surface area (Å²) in [6.45, 7) is -0.534. The molecule has 0 heterocycles. The normalized spacial score (nSPS) is 11.2. The topological polar surface area (TPSA) is 109 Å². The summed E-state index contributed by atoms with van der Waals surface area (Å²) in [4.78, 5) is 36.4. The lowest BCUT2D eigenvalue weighted by Gasteiger charge is -2.12. The van der Waals surface area contributed by atoms with E-state index >= 15 is 0 Å². The molecule has 0 aliphatic carbocycles. The van der Waals surface area contributed by atoms with Crippen molar-refractivity contribution in [1.82, 2.24) is 5.43 Å². The van der Waals surface area contributed by atoms with Crippen molar-refractivity contribution >= 4 is 74.4 Å². The van der Waals surface area contributed by atoms with Crippen molar-refractivity contribution in [3.05, 3.63) is 86.3 Å². The zero-order valence-corrected chi connectivity index (χ0v) is 22.0. The average Bonchev–Trinajstić information content (AvgIpc) is 2.86. The zero-order valence-electron chi connectivity index (χ0n) is 18.9. The van der Waals surface area contributed by atoms with Crippen molar-refractivity contribution in [2.24, 2.45) is 5.10 Å². The van der Waals surface area contributed by atoms with Gasteiger partial charge in [-0.1, -0.05) is 51.3 Å². The molecule has 0 unspecified atom stereocenters. The summed E-state index contributed by atoms with van der Waals surface area (Å²) in [6, 6.07) is 13.3. The van der Waals surface area contributed by atoms with Crippen LogP contribution in [0.5, 0.6) is 5.75 Å². The SMILES string of the molecule is O=C(COc1ccc(Br)cc1/C=N\NC(=O)C(=O)Nc1cccc(Cl)c1Cl)Nc1cccc(C(F)(F)F)c1. The van der Waals surface area contributed by atoms with Gasteiger partial charge in [-0.15, -0.1) is 0 Å². The van der Waals surface area contributed by atoms with E-state index in [-0.39, 0.29) is 27.2 Å². The van der Waals surface area contributed by atoms with Gasteiger partial charge in [0, 0.05) is 15.7 Å². The first-order valence-corrected chi connectivity index (χ1v) is 12.0. The summed E-state index contributed by atoms with van der Waals surface area (Å²) in [5, 5.41) is 8.60. The zero-order chi connectivity index (χ0) is 27.9. The minimum absolute atomic E-state index is 0.0499. The maximum Gasteiger partial charge on any atom is 0.416 e. The molecule has 38 heavy (non-hydrogen) atoms. The first kappa shape index (κ1) is 29.0. The highest BCUT2D eigenvalue weighted by Crippen LogP contribution is 2.31. The molecule has 8 nitrogen and oxygen atoms in total. The van der Waals surface area contributed by atoms with Crippen LogP contribution in [0, 0.1) is 0 Å². The van der Waals surface area contributed by atoms with Gasteiger partial charge in [0.25, 0.3) is 5.91 Å². The van der Waals surface area contributed by atoms with Crippen LogP contribution in [0.3, 0.4) is 0 Å². The third-order valence-corrected chi connectivity index (χ3v) is 5.89. The van der Waals surface area contributed by atoms with Gasteiger partial charge in [-0.2, -0.15) is 18.3 Å². The molecule has 0 aliphatic rings. The number of nitrogens with zero attached hydrogens (tertiary/aromatic N) is 1. The minimum Gasteiger partial charge on any atom is -0.483 e. The Balaban J connectivity index is 1.60. The average molecular weight is 632 g/mol. The van der Waals surface area contributed by atoms with Crippen LogP contribution in [-0.2, 0) is 20.6 Å². The molecule has 0 aliphatic heterocycles. The van der Waals surface area contributed by atoms with Gasteiger partial charge in [0.2, 0.25) is 0 Å². The number of nitrogens with one attached hydrogen (secondary N) is 3. The van der Waals surface area contributed by atoms with E-state index in [2.05, 4.69) is 31.7 Å². The quantitative estimate of drug-likeness (QED) is 0.172. The molecule has 14 heteroatoms. The highest BCUT2D eigenvalue weighted by atomic mass is 79.9. The minimum atomic E-state index is -4.55. The molecule has 0 aromatic heterocycles. The van der Waals surface area contributed by atoms with Crippen LogP contribution in [0.2, 0.25) is 10.0 Å². The van der Waals surface area contributed by atoms with Crippen molar-refractivity contribution < 1.29 is 32.3 Å². The lowest BCUT2D eigenvalue weighted by atomic mass is 10.2. The van der Waals surface area contributed by atoms with E-state index in [0.29, 0.717) is 10.0 Å². The number of carbonyl (C=O) groups is 3. The summed E-state index contributed by atoms with van der Waals surface area (Å²) in [6.07, 6.45) is -3.39. The molecule has 0 saturated carbocycles. The first-order chi connectivity index (χ1) is 17.9. The molecule has 0 saturated heterocycles. The number of amides is 3. The molecule has 0 fully saturated rings. The van der Waals surface area contributed by atoms with E-state index in [9.17, 15) is 27.6 Å². The predicted octanol–water partition coefficient (Wildman–Crippen LogP) is 5.88. The Morgan fingerprint density at radius 2 is 1.71 bits per heavy atom. The second-order valence-electron chi connectivity index (χ2n) is 7.35. The number of rotatable bonds is 7. The van der Waals surface area contributed by atoms with Gasteiger partial charge in [-0.05, 0) is 48.5 Å². The van der Waals surface area contributed by atoms with Gasteiger partial charge in [-0.25, -0.2) is 5.43 Å². The largest absolute Gasteiger partial charge is 0.483 e. The van der Waals surface area contributed by atoms with Gasteiger partial charge < -0.3 is 15.4 Å². The lowest BCUT2D eigenvalue weighted by Crippen LogP contribution is -2.32. The van der Waals surface area contributed by atoms with E-state index < -0.39 is 36.1 Å². The molecule has 3 aromatic rings. The number of halogens is 6. The number of alkyl halides is 3. The number of hydrazone groups is 1. The Labute approximate surface area is 232 Å². The Morgan fingerprint density at radius 3 is 2.45 bits per heavy atom. The van der Waals surface area contributed by atoms with Crippen molar-refractivity contribution in [1.29, 1.82) is 0 Å². The van der Waals surface area contributed by atoms with Crippen LogP contribution in [0.4, 0.5) is 24.5 Å². The molecule has 198 valence electrons. The fourth-order valence-corrected chi connectivity index (χ4v) is 3.58. The van der Waals surface area contributed by atoms with Crippen molar-refractivity contribution in [3.8, 4) is 5.75 Å². The van der Waals surface area contributed by atoms with E-state index in [4.69, 9.17) is 27.9 Å². The van der Waals surface area contributed by atoms with Gasteiger partial charge in [0.15, 0.2) is 6.61 Å². The van der Waals surface area contributed by atoms with Crippen molar-refractivity contribution in [2.75, 3.05) is 17.2 Å². The number of hydrogen-bond donors (Lipinski definition) is 3. The number of carbonyl (C=O) groups excluding carboxylic acids is 3. The van der Waals surface area contributed by atoms with Gasteiger partial charge in [-0.3, -0.25) is 14.4 Å². The van der Waals surface area contributed by atoms with Crippen LogP contribution in [-0.4, -0.2) is 30.5 Å². The van der Waals surface area contributed by atoms with E-state index in [1.165, 1.54) is 42.6 Å². The fraction of sp³-hybridized carbons (Fsp3) is 0.0833. The Kier molecular flexibility index (Phi) is 9.72. The number of anilines is 2. The second-order valence-corrected chi connectivity index (χ2v) is 9.05. The van der Waals surface area contributed by atoms with Crippen LogP contribution >= 0.6 is 39.1 Å². The van der Waals surface area contributed by atoms with Crippen molar-refractivity contribution in [3.63, 3.8) is 0 Å². The standard InChI is InChI=1S/C24H16BrCl2F3N4O4/c25-15-7-8-19(38-12-20(35)32-16-4-1-3-14(10-16)24(28,29)30)13(9-15)11-31-34-23(37)22(36)33-18-6-2-5-17(26)21(18)27/h1-11H,12H2,(H,32,35)(H,33,36)(H,34,37)/b31-11-. The summed E-state index contributed by atoms with van der Waals surface area (Å²) in [7, 11) is 0. The fourth-order valence-electron chi connectivity index (χ4n) is 2.86. The van der Waals surface area contributed by atoms with E-state index in [0.717, 1.165) is 12.1 Å². The third kappa shape index (κ3) is 8.20. The summed E-state index contributed by atoms with van der Waals surface area (Å²) in [5.41, 5.74) is 1.53. The summed E-state index contributed by atoms with van der Waals surface area (Å²) < 4.78 is 44.7. The molecule has 0 bridgehead atoms. The Morgan fingerprint density at radius 1 is 0.974 bits per heavy atom. The molecule has 0 atom stereocenters. The van der Waals surface area contributed by atoms with Gasteiger partial charge in [0.05, 0.1) is 27.5 Å². The highest BCUT2D eigenvalue weighted by Gasteiger charge is 2.30. The van der Waals surface area contributed by atoms with Crippen LogP contribution in [0.1, 0.15) is 11.1 Å². The number of ether oxygens (including phenoxy) is 1. The number of hydrogen-bond acceptors (Lipinski definition) is 5. The smallest absolute Gasteiger partial charge is 0.416 e. The molecule has 3 rings (SSSR count). The molecular weight excluding hydrogens is 616 g/mol. The van der Waals surface area contributed by atoms with Crippen LogP contribution in [0.25, 0.3) is 0 Å².